The van der Waals surface area contributed by atoms with E-state index in [1.54, 1.807) is 18.4 Å². The summed E-state index contributed by atoms with van der Waals surface area (Å²) in [7, 11) is 1.71. The normalized spacial score (nSPS) is 12.3. The smallest absolute Gasteiger partial charge is 0.191 e. The van der Waals surface area contributed by atoms with Crippen molar-refractivity contribution in [3.8, 4) is 5.75 Å². The van der Waals surface area contributed by atoms with Crippen LogP contribution in [-0.4, -0.2) is 31.1 Å². The Morgan fingerprint density at radius 2 is 2.00 bits per heavy atom. The zero-order chi connectivity index (χ0) is 18.2. The van der Waals surface area contributed by atoms with Gasteiger partial charge in [-0.05, 0) is 32.4 Å². The maximum Gasteiger partial charge on any atom is 0.191 e. The van der Waals surface area contributed by atoms with Gasteiger partial charge in [0, 0.05) is 23.9 Å². The number of aromatic nitrogens is 1. The Kier molecular flexibility index (Phi) is 9.93. The van der Waals surface area contributed by atoms with Crippen LogP contribution in [0.1, 0.15) is 40.9 Å². The highest BCUT2D eigenvalue weighted by atomic mass is 127. The SMILES string of the molecule is CCNC(=NCc1sc(C)nc1C)NCC(C)c1ccccc1OC.I. The van der Waals surface area contributed by atoms with E-state index in [2.05, 4.69) is 35.5 Å². The van der Waals surface area contributed by atoms with Crippen molar-refractivity contribution in [1.29, 1.82) is 0 Å². The van der Waals surface area contributed by atoms with Gasteiger partial charge in [0.25, 0.3) is 0 Å². The Hall–Kier alpha value is -1.35. The molecule has 7 heteroatoms. The predicted molar refractivity (Wildman–Crippen MR) is 121 cm³/mol. The standard InChI is InChI=1S/C19H28N4OS.HI/c1-6-20-19(22-12-18-14(3)23-15(4)25-18)21-11-13(2)16-9-7-8-10-17(16)24-5;/h7-10,13H,6,11-12H2,1-5H3,(H2,20,21,22);1H. The van der Waals surface area contributed by atoms with Gasteiger partial charge in [-0.15, -0.1) is 35.3 Å². The van der Waals surface area contributed by atoms with Gasteiger partial charge < -0.3 is 15.4 Å². The lowest BCUT2D eigenvalue weighted by Crippen LogP contribution is -2.39. The highest BCUT2D eigenvalue weighted by Crippen LogP contribution is 2.25. The molecule has 26 heavy (non-hydrogen) atoms. The number of para-hydroxylation sites is 1. The van der Waals surface area contributed by atoms with Crippen molar-refractivity contribution in [1.82, 2.24) is 15.6 Å². The average Bonchev–Trinajstić information content (AvgIpc) is 2.94. The highest BCUT2D eigenvalue weighted by Gasteiger charge is 2.11. The molecule has 0 aliphatic carbocycles. The Morgan fingerprint density at radius 1 is 1.27 bits per heavy atom. The molecule has 0 saturated carbocycles. The van der Waals surface area contributed by atoms with Crippen LogP contribution in [0.3, 0.4) is 0 Å². The van der Waals surface area contributed by atoms with E-state index in [1.807, 2.05) is 32.0 Å². The van der Waals surface area contributed by atoms with Crippen LogP contribution in [0.5, 0.6) is 5.75 Å². The van der Waals surface area contributed by atoms with Crippen LogP contribution in [0, 0.1) is 13.8 Å². The molecule has 0 radical (unpaired) electrons. The number of guanidine groups is 1. The summed E-state index contributed by atoms with van der Waals surface area (Å²) in [5.41, 5.74) is 2.27. The predicted octanol–water partition coefficient (Wildman–Crippen LogP) is 4.25. The van der Waals surface area contributed by atoms with Crippen molar-refractivity contribution in [2.45, 2.75) is 40.2 Å². The highest BCUT2D eigenvalue weighted by molar-refractivity contribution is 14.0. The number of rotatable bonds is 7. The zero-order valence-corrected chi connectivity index (χ0v) is 19.3. The quantitative estimate of drug-likeness (QED) is 0.348. The molecule has 0 fully saturated rings. The summed E-state index contributed by atoms with van der Waals surface area (Å²) >= 11 is 1.71. The third kappa shape index (κ3) is 6.42. The first-order chi connectivity index (χ1) is 12.0. The largest absolute Gasteiger partial charge is 0.496 e. The zero-order valence-electron chi connectivity index (χ0n) is 16.1. The van der Waals surface area contributed by atoms with Gasteiger partial charge in [-0.3, -0.25) is 0 Å². The van der Waals surface area contributed by atoms with Gasteiger partial charge in [-0.25, -0.2) is 9.98 Å². The molecule has 1 aromatic heterocycles. The molecule has 2 rings (SSSR count). The lowest BCUT2D eigenvalue weighted by atomic mass is 10.0. The minimum Gasteiger partial charge on any atom is -0.496 e. The van der Waals surface area contributed by atoms with Crippen molar-refractivity contribution in [3.63, 3.8) is 0 Å². The number of halogens is 1. The monoisotopic (exact) mass is 488 g/mol. The number of nitrogens with zero attached hydrogens (tertiary/aromatic N) is 2. The van der Waals surface area contributed by atoms with Gasteiger partial charge in [0.1, 0.15) is 5.75 Å². The molecular formula is C19H29IN4OS. The summed E-state index contributed by atoms with van der Waals surface area (Å²) in [6.45, 7) is 10.6. The number of ether oxygens (including phenoxy) is 1. The average molecular weight is 488 g/mol. The van der Waals surface area contributed by atoms with E-state index in [9.17, 15) is 0 Å². The number of nitrogens with one attached hydrogen (secondary N) is 2. The van der Waals surface area contributed by atoms with Gasteiger partial charge in [0.15, 0.2) is 5.96 Å². The summed E-state index contributed by atoms with van der Waals surface area (Å²) in [6, 6.07) is 8.15. The van der Waals surface area contributed by atoms with Crippen molar-refractivity contribution in [2.24, 2.45) is 4.99 Å². The number of aryl methyl sites for hydroxylation is 2. The molecule has 2 N–H and O–H groups in total. The molecule has 1 unspecified atom stereocenters. The molecule has 1 aromatic carbocycles. The molecule has 0 aliphatic heterocycles. The minimum atomic E-state index is 0. The summed E-state index contributed by atoms with van der Waals surface area (Å²) < 4.78 is 5.46. The minimum absolute atomic E-state index is 0. The molecule has 0 bridgehead atoms. The van der Waals surface area contributed by atoms with Crippen molar-refractivity contribution < 1.29 is 4.74 Å². The van der Waals surface area contributed by atoms with E-state index in [0.717, 1.165) is 35.5 Å². The second-order valence-corrected chi connectivity index (χ2v) is 7.25. The first-order valence-corrected chi connectivity index (χ1v) is 9.44. The van der Waals surface area contributed by atoms with Gasteiger partial charge in [0.2, 0.25) is 0 Å². The molecule has 144 valence electrons. The molecule has 1 atom stereocenters. The van der Waals surface area contributed by atoms with Crippen LogP contribution in [-0.2, 0) is 6.54 Å². The van der Waals surface area contributed by atoms with E-state index in [4.69, 9.17) is 9.73 Å². The van der Waals surface area contributed by atoms with Crippen LogP contribution in [0.25, 0.3) is 0 Å². The Morgan fingerprint density at radius 3 is 2.62 bits per heavy atom. The molecule has 0 amide bonds. The molecule has 0 spiro atoms. The molecular weight excluding hydrogens is 459 g/mol. The van der Waals surface area contributed by atoms with Crippen LogP contribution in [0.2, 0.25) is 0 Å². The fraction of sp³-hybridized carbons (Fsp3) is 0.474. The molecule has 0 saturated heterocycles. The van der Waals surface area contributed by atoms with E-state index in [-0.39, 0.29) is 24.0 Å². The van der Waals surface area contributed by atoms with Crippen LogP contribution in [0.15, 0.2) is 29.3 Å². The maximum atomic E-state index is 5.46. The second-order valence-electron chi connectivity index (χ2n) is 5.96. The molecule has 1 heterocycles. The number of aliphatic imine (C=N–C) groups is 1. The van der Waals surface area contributed by atoms with Crippen molar-refractivity contribution in [3.05, 3.63) is 45.4 Å². The Labute approximate surface area is 177 Å². The number of benzene rings is 1. The number of hydrogen-bond acceptors (Lipinski definition) is 4. The summed E-state index contributed by atoms with van der Waals surface area (Å²) in [6.07, 6.45) is 0. The summed E-state index contributed by atoms with van der Waals surface area (Å²) in [5, 5.41) is 7.83. The number of thiazole rings is 1. The molecule has 0 aliphatic rings. The number of methoxy groups -OCH3 is 1. The topological polar surface area (TPSA) is 58.5 Å². The number of hydrogen-bond donors (Lipinski definition) is 2. The fourth-order valence-electron chi connectivity index (χ4n) is 2.65. The van der Waals surface area contributed by atoms with E-state index in [0.29, 0.717) is 12.5 Å². The molecule has 2 aromatic rings. The lowest BCUT2D eigenvalue weighted by molar-refractivity contribution is 0.406. The van der Waals surface area contributed by atoms with E-state index in [1.165, 1.54) is 10.4 Å². The first-order valence-electron chi connectivity index (χ1n) is 8.63. The molecule has 5 nitrogen and oxygen atoms in total. The van der Waals surface area contributed by atoms with Crippen LogP contribution >= 0.6 is 35.3 Å². The third-order valence-corrected chi connectivity index (χ3v) is 5.03. The van der Waals surface area contributed by atoms with Crippen molar-refractivity contribution in [2.75, 3.05) is 20.2 Å². The first kappa shape index (κ1) is 22.7. The van der Waals surface area contributed by atoms with Gasteiger partial charge in [-0.1, -0.05) is 25.1 Å². The van der Waals surface area contributed by atoms with E-state index < -0.39 is 0 Å². The van der Waals surface area contributed by atoms with Crippen LogP contribution in [0.4, 0.5) is 0 Å². The van der Waals surface area contributed by atoms with Crippen molar-refractivity contribution >= 4 is 41.3 Å². The summed E-state index contributed by atoms with van der Waals surface area (Å²) in [5.74, 6) is 2.07. The maximum absolute atomic E-state index is 5.46. The third-order valence-electron chi connectivity index (χ3n) is 3.97. The van der Waals surface area contributed by atoms with Gasteiger partial charge in [0.05, 0.1) is 24.4 Å². The van der Waals surface area contributed by atoms with Crippen LogP contribution < -0.4 is 15.4 Å². The fourth-order valence-corrected chi connectivity index (χ4v) is 3.51. The Bertz CT molecular complexity index is 717. The summed E-state index contributed by atoms with van der Waals surface area (Å²) in [4.78, 5) is 10.4. The van der Waals surface area contributed by atoms with Gasteiger partial charge in [-0.2, -0.15) is 0 Å². The van der Waals surface area contributed by atoms with Gasteiger partial charge >= 0.3 is 0 Å². The van der Waals surface area contributed by atoms with E-state index >= 15 is 0 Å². The lowest BCUT2D eigenvalue weighted by Gasteiger charge is -2.18. The second kappa shape index (κ2) is 11.4. The Balaban J connectivity index is 0.00000338.